The zero-order chi connectivity index (χ0) is 18.5. The zero-order valence-corrected chi connectivity index (χ0v) is 13.3. The van der Waals surface area contributed by atoms with Gasteiger partial charge in [-0.1, -0.05) is 12.1 Å². The molecule has 0 unspecified atom stereocenters. The Morgan fingerprint density at radius 3 is 2.12 bits per heavy atom. The number of ether oxygens (including phenoxy) is 2. The minimum atomic E-state index is -4.82. The van der Waals surface area contributed by atoms with E-state index in [1.807, 2.05) is 0 Å². The highest BCUT2D eigenvalue weighted by Gasteiger charge is 2.31. The summed E-state index contributed by atoms with van der Waals surface area (Å²) in [4.78, 5) is 22.7. The Morgan fingerprint density at radius 2 is 1.71 bits per heavy atom. The van der Waals surface area contributed by atoms with E-state index in [2.05, 4.69) is 10.1 Å². The number of alkyl carbamates (subject to hydrolysis) is 1. The number of aliphatic carboxylic acids is 1. The van der Waals surface area contributed by atoms with Crippen LogP contribution in [0.2, 0.25) is 0 Å². The quantitative estimate of drug-likeness (QED) is 0.848. The first-order chi connectivity index (χ1) is 10.9. The number of amides is 1. The van der Waals surface area contributed by atoms with Crippen molar-refractivity contribution in [3.8, 4) is 5.75 Å². The zero-order valence-electron chi connectivity index (χ0n) is 13.3. The third-order valence-electron chi connectivity index (χ3n) is 2.59. The van der Waals surface area contributed by atoms with Crippen molar-refractivity contribution < 1.29 is 37.3 Å². The van der Waals surface area contributed by atoms with Crippen LogP contribution in [0.4, 0.5) is 18.0 Å². The molecule has 0 heterocycles. The van der Waals surface area contributed by atoms with E-state index in [0.717, 1.165) is 12.1 Å². The molecule has 0 saturated heterocycles. The van der Waals surface area contributed by atoms with E-state index in [9.17, 15) is 22.8 Å². The third-order valence-corrected chi connectivity index (χ3v) is 2.59. The van der Waals surface area contributed by atoms with Gasteiger partial charge < -0.3 is 19.9 Å². The molecule has 0 aliphatic carbocycles. The molecule has 0 aliphatic rings. The van der Waals surface area contributed by atoms with Crippen LogP contribution in [0.5, 0.6) is 5.75 Å². The van der Waals surface area contributed by atoms with Crippen LogP contribution in [0.15, 0.2) is 24.3 Å². The summed E-state index contributed by atoms with van der Waals surface area (Å²) in [6.45, 7) is 4.92. The minimum Gasteiger partial charge on any atom is -0.481 e. The number of carboxylic acid groups (broad SMARTS) is 1. The van der Waals surface area contributed by atoms with Gasteiger partial charge in [-0.15, -0.1) is 13.2 Å². The Hall–Kier alpha value is -2.45. The van der Waals surface area contributed by atoms with Crippen LogP contribution in [0.1, 0.15) is 38.8 Å². The van der Waals surface area contributed by atoms with Crippen LogP contribution < -0.4 is 10.1 Å². The highest BCUT2D eigenvalue weighted by atomic mass is 19.4. The summed E-state index contributed by atoms with van der Waals surface area (Å²) in [5, 5.41) is 11.3. The van der Waals surface area contributed by atoms with Crippen molar-refractivity contribution in [2.75, 3.05) is 0 Å². The van der Waals surface area contributed by atoms with Crippen LogP contribution in [0.3, 0.4) is 0 Å². The van der Waals surface area contributed by atoms with Gasteiger partial charge in [0.2, 0.25) is 0 Å². The van der Waals surface area contributed by atoms with E-state index in [1.165, 1.54) is 12.1 Å². The molecular weight excluding hydrogens is 331 g/mol. The maximum absolute atomic E-state index is 12.1. The number of hydrogen-bond donors (Lipinski definition) is 2. The largest absolute Gasteiger partial charge is 0.573 e. The SMILES string of the molecule is CC(C)(C)OC(=O)N[C@@H](CC(=O)O)c1ccc(OC(F)(F)F)cc1. The first-order valence-electron chi connectivity index (χ1n) is 6.93. The molecule has 0 bridgehead atoms. The molecule has 2 N–H and O–H groups in total. The average molecular weight is 349 g/mol. The molecule has 0 fully saturated rings. The van der Waals surface area contributed by atoms with Crippen LogP contribution in [0, 0.1) is 0 Å². The lowest BCUT2D eigenvalue weighted by Crippen LogP contribution is -2.35. The van der Waals surface area contributed by atoms with Crippen LogP contribution in [-0.2, 0) is 9.53 Å². The van der Waals surface area contributed by atoms with E-state index < -0.39 is 42.2 Å². The molecule has 0 saturated carbocycles. The molecule has 24 heavy (non-hydrogen) atoms. The fraction of sp³-hybridized carbons (Fsp3) is 0.467. The number of rotatable bonds is 5. The standard InChI is InChI=1S/C15H18F3NO5/c1-14(2,3)24-13(22)19-11(8-12(20)21)9-4-6-10(7-5-9)23-15(16,17)18/h4-7,11H,8H2,1-3H3,(H,19,22)(H,20,21)/t11-/m0/s1. The molecule has 6 nitrogen and oxygen atoms in total. The van der Waals surface area contributed by atoms with Gasteiger partial charge in [0.15, 0.2) is 0 Å². The van der Waals surface area contributed by atoms with Gasteiger partial charge in [-0.3, -0.25) is 4.79 Å². The van der Waals surface area contributed by atoms with Gasteiger partial charge in [0.1, 0.15) is 11.4 Å². The molecular formula is C15H18F3NO5. The summed E-state index contributed by atoms with van der Waals surface area (Å²) in [6, 6.07) is 3.60. The fourth-order valence-corrected chi connectivity index (χ4v) is 1.78. The maximum atomic E-state index is 12.1. The first-order valence-corrected chi connectivity index (χ1v) is 6.93. The number of carbonyl (C=O) groups excluding carboxylic acids is 1. The van der Waals surface area contributed by atoms with E-state index in [-0.39, 0.29) is 0 Å². The number of carboxylic acids is 1. The second kappa shape index (κ2) is 7.41. The predicted molar refractivity (Wildman–Crippen MR) is 77.5 cm³/mol. The summed E-state index contributed by atoms with van der Waals surface area (Å²) in [5.41, 5.74) is -0.472. The van der Waals surface area contributed by atoms with Crippen molar-refractivity contribution in [2.45, 2.75) is 45.2 Å². The van der Waals surface area contributed by atoms with E-state index in [4.69, 9.17) is 9.84 Å². The van der Waals surface area contributed by atoms with Crippen LogP contribution in [-0.4, -0.2) is 29.1 Å². The molecule has 0 radical (unpaired) electrons. The van der Waals surface area contributed by atoms with Crippen LogP contribution in [0.25, 0.3) is 0 Å². The average Bonchev–Trinajstić information content (AvgIpc) is 2.34. The predicted octanol–water partition coefficient (Wildman–Crippen LogP) is 3.63. The molecule has 134 valence electrons. The molecule has 1 rings (SSSR count). The summed E-state index contributed by atoms with van der Waals surface area (Å²) in [6.07, 6.45) is -6.11. The normalized spacial score (nSPS) is 13.1. The fourth-order valence-electron chi connectivity index (χ4n) is 1.78. The summed E-state index contributed by atoms with van der Waals surface area (Å²) in [5.74, 6) is -1.63. The minimum absolute atomic E-state index is 0.304. The third kappa shape index (κ3) is 7.70. The van der Waals surface area contributed by atoms with Gasteiger partial charge in [0.25, 0.3) is 0 Å². The Morgan fingerprint density at radius 1 is 1.17 bits per heavy atom. The van der Waals surface area contributed by atoms with Crippen molar-refractivity contribution in [2.24, 2.45) is 0 Å². The van der Waals surface area contributed by atoms with Crippen molar-refractivity contribution >= 4 is 12.1 Å². The molecule has 1 aromatic carbocycles. The first kappa shape index (κ1) is 19.6. The maximum Gasteiger partial charge on any atom is 0.573 e. The lowest BCUT2D eigenvalue weighted by atomic mass is 10.0. The number of hydrogen-bond acceptors (Lipinski definition) is 4. The van der Waals surface area contributed by atoms with Gasteiger partial charge in [-0.2, -0.15) is 0 Å². The molecule has 1 aromatic rings. The van der Waals surface area contributed by atoms with E-state index in [0.29, 0.717) is 5.56 Å². The van der Waals surface area contributed by atoms with Gasteiger partial charge in [-0.25, -0.2) is 4.79 Å². The molecule has 0 spiro atoms. The van der Waals surface area contributed by atoms with Gasteiger partial charge in [0.05, 0.1) is 12.5 Å². The second-order valence-corrected chi connectivity index (χ2v) is 5.91. The van der Waals surface area contributed by atoms with Crippen molar-refractivity contribution in [3.63, 3.8) is 0 Å². The monoisotopic (exact) mass is 349 g/mol. The molecule has 0 aliphatic heterocycles. The summed E-state index contributed by atoms with van der Waals surface area (Å²) in [7, 11) is 0. The second-order valence-electron chi connectivity index (χ2n) is 5.91. The number of halogens is 3. The lowest BCUT2D eigenvalue weighted by Gasteiger charge is -2.23. The highest BCUT2D eigenvalue weighted by molar-refractivity contribution is 5.72. The highest BCUT2D eigenvalue weighted by Crippen LogP contribution is 2.25. The number of benzene rings is 1. The Bertz CT molecular complexity index is 578. The topological polar surface area (TPSA) is 84.9 Å². The molecule has 9 heteroatoms. The van der Waals surface area contributed by atoms with Crippen molar-refractivity contribution in [3.05, 3.63) is 29.8 Å². The van der Waals surface area contributed by atoms with Crippen molar-refractivity contribution in [1.29, 1.82) is 0 Å². The Labute approximate surface area is 136 Å². The van der Waals surface area contributed by atoms with E-state index in [1.54, 1.807) is 20.8 Å². The molecule has 1 amide bonds. The molecule has 1 atom stereocenters. The van der Waals surface area contributed by atoms with Gasteiger partial charge in [0, 0.05) is 0 Å². The number of carbonyl (C=O) groups is 2. The summed E-state index contributed by atoms with van der Waals surface area (Å²) < 4.78 is 45.2. The Kier molecular flexibility index (Phi) is 6.05. The molecule has 0 aromatic heterocycles. The van der Waals surface area contributed by atoms with E-state index >= 15 is 0 Å². The van der Waals surface area contributed by atoms with Gasteiger partial charge >= 0.3 is 18.4 Å². The lowest BCUT2D eigenvalue weighted by molar-refractivity contribution is -0.274. The summed E-state index contributed by atoms with van der Waals surface area (Å²) >= 11 is 0. The van der Waals surface area contributed by atoms with Crippen molar-refractivity contribution in [1.82, 2.24) is 5.32 Å². The number of alkyl halides is 3. The van der Waals surface area contributed by atoms with Gasteiger partial charge in [-0.05, 0) is 38.5 Å². The van der Waals surface area contributed by atoms with Crippen LogP contribution >= 0.6 is 0 Å². The Balaban J connectivity index is 2.88. The number of nitrogens with one attached hydrogen (secondary N) is 1. The smallest absolute Gasteiger partial charge is 0.481 e.